The molecule has 0 spiro atoms. The SMILES string of the molecule is CC[C@@H](C)NC(=O)c1ccc(OC)c(COc2ccc(C)c(C)c2)c1. The van der Waals surface area contributed by atoms with E-state index in [1.54, 1.807) is 13.2 Å². The Morgan fingerprint density at radius 3 is 2.52 bits per heavy atom. The van der Waals surface area contributed by atoms with E-state index in [0.29, 0.717) is 17.9 Å². The van der Waals surface area contributed by atoms with Gasteiger partial charge >= 0.3 is 0 Å². The van der Waals surface area contributed by atoms with Crippen LogP contribution in [0.1, 0.15) is 47.3 Å². The number of aryl methyl sites for hydroxylation is 2. The van der Waals surface area contributed by atoms with Crippen molar-refractivity contribution in [3.8, 4) is 11.5 Å². The smallest absolute Gasteiger partial charge is 0.251 e. The van der Waals surface area contributed by atoms with Gasteiger partial charge in [0.25, 0.3) is 5.91 Å². The largest absolute Gasteiger partial charge is 0.496 e. The van der Waals surface area contributed by atoms with Crippen LogP contribution in [0.2, 0.25) is 0 Å². The molecule has 2 rings (SSSR count). The zero-order chi connectivity index (χ0) is 18.4. The molecule has 0 aliphatic heterocycles. The van der Waals surface area contributed by atoms with Gasteiger partial charge in [0.05, 0.1) is 7.11 Å². The Kier molecular flexibility index (Phi) is 6.45. The number of nitrogens with one attached hydrogen (secondary N) is 1. The van der Waals surface area contributed by atoms with E-state index in [2.05, 4.69) is 19.2 Å². The van der Waals surface area contributed by atoms with Crippen molar-refractivity contribution in [2.45, 2.75) is 46.8 Å². The minimum atomic E-state index is -0.0792. The standard InChI is InChI=1S/C21H27NO3/c1-6-16(4)22-21(23)17-8-10-20(24-5)18(12-17)13-25-19-9-7-14(2)15(3)11-19/h7-12,16H,6,13H2,1-5H3,(H,22,23)/t16-/m1/s1. The number of hydrogen-bond donors (Lipinski definition) is 1. The summed E-state index contributed by atoms with van der Waals surface area (Å²) in [6.07, 6.45) is 0.893. The summed E-state index contributed by atoms with van der Waals surface area (Å²) in [6.45, 7) is 8.51. The summed E-state index contributed by atoms with van der Waals surface area (Å²) in [6, 6.07) is 11.6. The molecule has 0 aromatic heterocycles. The molecule has 1 atom stereocenters. The zero-order valence-corrected chi connectivity index (χ0v) is 15.7. The van der Waals surface area contributed by atoms with Crippen molar-refractivity contribution in [1.82, 2.24) is 5.32 Å². The lowest BCUT2D eigenvalue weighted by Gasteiger charge is -2.15. The molecule has 0 aliphatic carbocycles. The molecule has 0 saturated carbocycles. The monoisotopic (exact) mass is 341 g/mol. The molecule has 0 bridgehead atoms. The predicted octanol–water partition coefficient (Wildman–Crippen LogP) is 4.42. The second-order valence-electron chi connectivity index (χ2n) is 6.34. The maximum absolute atomic E-state index is 12.3. The Hall–Kier alpha value is -2.49. The Morgan fingerprint density at radius 1 is 1.12 bits per heavy atom. The van der Waals surface area contributed by atoms with Crippen molar-refractivity contribution in [3.63, 3.8) is 0 Å². The van der Waals surface area contributed by atoms with Gasteiger partial charge in [0, 0.05) is 17.2 Å². The Labute approximate surface area is 150 Å². The zero-order valence-electron chi connectivity index (χ0n) is 15.7. The van der Waals surface area contributed by atoms with E-state index in [4.69, 9.17) is 9.47 Å². The van der Waals surface area contributed by atoms with Gasteiger partial charge in [0.1, 0.15) is 18.1 Å². The molecule has 0 radical (unpaired) electrons. The topological polar surface area (TPSA) is 47.6 Å². The number of rotatable bonds is 7. The molecular formula is C21H27NO3. The molecular weight excluding hydrogens is 314 g/mol. The van der Waals surface area contributed by atoms with E-state index >= 15 is 0 Å². The minimum Gasteiger partial charge on any atom is -0.496 e. The van der Waals surface area contributed by atoms with Crippen molar-refractivity contribution in [2.24, 2.45) is 0 Å². The van der Waals surface area contributed by atoms with Gasteiger partial charge in [-0.25, -0.2) is 0 Å². The van der Waals surface area contributed by atoms with Crippen LogP contribution in [0.15, 0.2) is 36.4 Å². The van der Waals surface area contributed by atoms with Crippen LogP contribution in [0, 0.1) is 13.8 Å². The van der Waals surface area contributed by atoms with E-state index in [0.717, 1.165) is 17.7 Å². The van der Waals surface area contributed by atoms with Crippen molar-refractivity contribution >= 4 is 5.91 Å². The fraction of sp³-hybridized carbons (Fsp3) is 0.381. The summed E-state index contributed by atoms with van der Waals surface area (Å²) in [5.74, 6) is 1.44. The Bertz CT molecular complexity index is 740. The highest BCUT2D eigenvalue weighted by atomic mass is 16.5. The quantitative estimate of drug-likeness (QED) is 0.811. The lowest BCUT2D eigenvalue weighted by atomic mass is 10.1. The van der Waals surface area contributed by atoms with Crippen LogP contribution >= 0.6 is 0 Å². The van der Waals surface area contributed by atoms with Crippen LogP contribution < -0.4 is 14.8 Å². The van der Waals surface area contributed by atoms with Gasteiger partial charge in [-0.2, -0.15) is 0 Å². The molecule has 2 aromatic rings. The highest BCUT2D eigenvalue weighted by Gasteiger charge is 2.12. The number of ether oxygens (including phenoxy) is 2. The molecule has 0 aliphatic rings. The summed E-state index contributed by atoms with van der Waals surface area (Å²) in [7, 11) is 1.62. The van der Waals surface area contributed by atoms with Crippen LogP contribution in [0.25, 0.3) is 0 Å². The van der Waals surface area contributed by atoms with E-state index in [1.807, 2.05) is 44.2 Å². The second-order valence-corrected chi connectivity index (χ2v) is 6.34. The van der Waals surface area contributed by atoms with E-state index in [-0.39, 0.29) is 11.9 Å². The molecule has 134 valence electrons. The fourth-order valence-corrected chi connectivity index (χ4v) is 2.41. The molecule has 1 N–H and O–H groups in total. The van der Waals surface area contributed by atoms with Gasteiger partial charge in [0.15, 0.2) is 0 Å². The van der Waals surface area contributed by atoms with Crippen LogP contribution in [-0.4, -0.2) is 19.1 Å². The third-order valence-electron chi connectivity index (χ3n) is 4.41. The van der Waals surface area contributed by atoms with Gasteiger partial charge in [-0.1, -0.05) is 13.0 Å². The maximum Gasteiger partial charge on any atom is 0.251 e. The van der Waals surface area contributed by atoms with Crippen LogP contribution in [0.3, 0.4) is 0 Å². The molecule has 0 heterocycles. The molecule has 0 saturated heterocycles. The third kappa shape index (κ3) is 4.99. The number of benzene rings is 2. The van der Waals surface area contributed by atoms with Crippen molar-refractivity contribution < 1.29 is 14.3 Å². The van der Waals surface area contributed by atoms with E-state index in [1.165, 1.54) is 11.1 Å². The van der Waals surface area contributed by atoms with E-state index in [9.17, 15) is 4.79 Å². The van der Waals surface area contributed by atoms with Gasteiger partial charge in [-0.3, -0.25) is 4.79 Å². The molecule has 1 amide bonds. The first-order valence-electron chi connectivity index (χ1n) is 8.62. The normalized spacial score (nSPS) is 11.7. The summed E-state index contributed by atoms with van der Waals surface area (Å²) < 4.78 is 11.3. The highest BCUT2D eigenvalue weighted by molar-refractivity contribution is 5.94. The van der Waals surface area contributed by atoms with Crippen molar-refractivity contribution in [1.29, 1.82) is 0 Å². The fourth-order valence-electron chi connectivity index (χ4n) is 2.41. The number of hydrogen-bond acceptors (Lipinski definition) is 3. The molecule has 2 aromatic carbocycles. The van der Waals surface area contributed by atoms with E-state index < -0.39 is 0 Å². The summed E-state index contributed by atoms with van der Waals surface area (Å²) in [5, 5.41) is 2.98. The lowest BCUT2D eigenvalue weighted by molar-refractivity contribution is 0.0939. The first kappa shape index (κ1) is 18.8. The van der Waals surface area contributed by atoms with Gasteiger partial charge in [-0.05, 0) is 68.7 Å². The molecule has 25 heavy (non-hydrogen) atoms. The summed E-state index contributed by atoms with van der Waals surface area (Å²) in [4.78, 5) is 12.3. The lowest BCUT2D eigenvalue weighted by Crippen LogP contribution is -2.31. The molecule has 4 heteroatoms. The van der Waals surface area contributed by atoms with Crippen molar-refractivity contribution in [2.75, 3.05) is 7.11 Å². The Morgan fingerprint density at radius 2 is 1.88 bits per heavy atom. The summed E-state index contributed by atoms with van der Waals surface area (Å²) in [5.41, 5.74) is 3.87. The molecule has 4 nitrogen and oxygen atoms in total. The number of methoxy groups -OCH3 is 1. The number of carbonyl (C=O) groups excluding carboxylic acids is 1. The molecule has 0 unspecified atom stereocenters. The predicted molar refractivity (Wildman–Crippen MR) is 100 cm³/mol. The second kappa shape index (κ2) is 8.56. The van der Waals surface area contributed by atoms with Crippen molar-refractivity contribution in [3.05, 3.63) is 58.7 Å². The molecule has 0 fully saturated rings. The van der Waals surface area contributed by atoms with Gasteiger partial charge in [0.2, 0.25) is 0 Å². The average Bonchev–Trinajstić information content (AvgIpc) is 2.62. The first-order valence-corrected chi connectivity index (χ1v) is 8.62. The maximum atomic E-state index is 12.3. The van der Waals surface area contributed by atoms with Crippen LogP contribution in [-0.2, 0) is 6.61 Å². The minimum absolute atomic E-state index is 0.0792. The van der Waals surface area contributed by atoms with Gasteiger partial charge < -0.3 is 14.8 Å². The third-order valence-corrected chi connectivity index (χ3v) is 4.41. The first-order chi connectivity index (χ1) is 11.9. The van der Waals surface area contributed by atoms with Crippen LogP contribution in [0.4, 0.5) is 0 Å². The highest BCUT2D eigenvalue weighted by Crippen LogP contribution is 2.23. The number of amides is 1. The Balaban J connectivity index is 2.16. The van der Waals surface area contributed by atoms with Gasteiger partial charge in [-0.15, -0.1) is 0 Å². The number of carbonyl (C=O) groups is 1. The van der Waals surface area contributed by atoms with Crippen LogP contribution in [0.5, 0.6) is 11.5 Å². The average molecular weight is 341 g/mol. The summed E-state index contributed by atoms with van der Waals surface area (Å²) >= 11 is 0.